The molecule has 26 heavy (non-hydrogen) atoms. The summed E-state index contributed by atoms with van der Waals surface area (Å²) >= 11 is 0. The maximum absolute atomic E-state index is 13.0. The van der Waals surface area contributed by atoms with E-state index < -0.39 is 0 Å². The zero-order valence-electron chi connectivity index (χ0n) is 15.5. The predicted octanol–water partition coefficient (Wildman–Crippen LogP) is 3.14. The van der Waals surface area contributed by atoms with Gasteiger partial charge in [-0.1, -0.05) is 18.0 Å². The Morgan fingerprint density at radius 1 is 1.42 bits per heavy atom. The van der Waals surface area contributed by atoms with Gasteiger partial charge in [0, 0.05) is 25.8 Å². The van der Waals surface area contributed by atoms with Crippen molar-refractivity contribution < 1.29 is 14.1 Å². The van der Waals surface area contributed by atoms with Crippen molar-refractivity contribution in [3.8, 4) is 0 Å². The molecule has 9 nitrogen and oxygen atoms in total. The Hall–Kier alpha value is -2.42. The number of rotatable bonds is 5. The molecule has 0 radical (unpaired) electrons. The normalized spacial score (nSPS) is 18.2. The lowest BCUT2D eigenvalue weighted by Gasteiger charge is -2.28. The maximum Gasteiger partial charge on any atom is 0.323 e. The summed E-state index contributed by atoms with van der Waals surface area (Å²) in [6, 6.07) is 1.59. The highest BCUT2D eigenvalue weighted by Gasteiger charge is 2.31. The number of hydrogen-bond donors (Lipinski definition) is 1. The van der Waals surface area contributed by atoms with E-state index in [1.54, 1.807) is 29.0 Å². The van der Waals surface area contributed by atoms with Crippen LogP contribution in [0.1, 0.15) is 63.3 Å². The van der Waals surface area contributed by atoms with E-state index in [1.165, 1.54) is 0 Å². The smallest absolute Gasteiger partial charge is 0.323 e. The van der Waals surface area contributed by atoms with Crippen molar-refractivity contribution in [2.45, 2.75) is 58.2 Å². The summed E-state index contributed by atoms with van der Waals surface area (Å²) in [5.41, 5.74) is 0. The van der Waals surface area contributed by atoms with E-state index in [1.807, 2.05) is 13.8 Å². The molecule has 9 heteroatoms. The van der Waals surface area contributed by atoms with Gasteiger partial charge < -0.3 is 14.2 Å². The van der Waals surface area contributed by atoms with Gasteiger partial charge in [0.05, 0.1) is 12.2 Å². The summed E-state index contributed by atoms with van der Waals surface area (Å²) in [7, 11) is 1.58. The van der Waals surface area contributed by atoms with Crippen molar-refractivity contribution in [2.24, 2.45) is 0 Å². The monoisotopic (exact) mass is 362 g/mol. The van der Waals surface area contributed by atoms with Crippen LogP contribution in [-0.2, 0) is 11.3 Å². The van der Waals surface area contributed by atoms with Crippen LogP contribution in [0.4, 0.5) is 10.6 Å². The molecule has 0 aliphatic carbocycles. The molecule has 1 N–H and O–H groups in total. The summed E-state index contributed by atoms with van der Waals surface area (Å²) in [6.45, 7) is 4.96. The van der Waals surface area contributed by atoms with Gasteiger partial charge in [0.2, 0.25) is 0 Å². The number of hydrogen-bond acceptors (Lipinski definition) is 6. The van der Waals surface area contributed by atoms with Crippen LogP contribution in [0.5, 0.6) is 0 Å². The number of anilines is 1. The Morgan fingerprint density at radius 2 is 2.27 bits per heavy atom. The van der Waals surface area contributed by atoms with Crippen molar-refractivity contribution in [2.75, 3.05) is 19.0 Å². The zero-order chi connectivity index (χ0) is 18.5. The lowest BCUT2D eigenvalue weighted by atomic mass is 10.1. The van der Waals surface area contributed by atoms with Gasteiger partial charge in [0.1, 0.15) is 12.4 Å². The third-order valence-electron chi connectivity index (χ3n) is 4.46. The Morgan fingerprint density at radius 3 is 3.04 bits per heavy atom. The number of amides is 2. The number of carbonyl (C=O) groups excluding carboxylic acids is 1. The Balaban J connectivity index is 1.79. The second-order valence-electron chi connectivity index (χ2n) is 6.72. The van der Waals surface area contributed by atoms with Gasteiger partial charge in [-0.2, -0.15) is 10.1 Å². The van der Waals surface area contributed by atoms with Crippen molar-refractivity contribution in [3.63, 3.8) is 0 Å². The standard InChI is InChI=1S/C17H26N6O3/c1-12(2)23-14(8-9-18-23)19-17(24)22-10-6-4-5-7-13(22)16-20-15(11-25-3)26-21-16/h8-9,12-13H,4-7,10-11H2,1-3H3,(H,19,24). The largest absolute Gasteiger partial charge is 0.375 e. The highest BCUT2D eigenvalue weighted by Crippen LogP contribution is 2.29. The van der Waals surface area contributed by atoms with Crippen LogP contribution in [-0.4, -0.2) is 44.5 Å². The summed E-state index contributed by atoms with van der Waals surface area (Å²) in [5.74, 6) is 1.64. The van der Waals surface area contributed by atoms with Crippen molar-refractivity contribution in [1.82, 2.24) is 24.8 Å². The van der Waals surface area contributed by atoms with Crippen LogP contribution in [0.3, 0.4) is 0 Å². The van der Waals surface area contributed by atoms with Gasteiger partial charge in [-0.05, 0) is 26.7 Å². The minimum atomic E-state index is -0.206. The van der Waals surface area contributed by atoms with Crippen LogP contribution in [0.25, 0.3) is 0 Å². The molecule has 1 aliphatic heterocycles. The van der Waals surface area contributed by atoms with E-state index >= 15 is 0 Å². The number of nitrogens with zero attached hydrogens (tertiary/aromatic N) is 5. The fraction of sp³-hybridized carbons (Fsp3) is 0.647. The molecule has 2 aromatic rings. The summed E-state index contributed by atoms with van der Waals surface area (Å²) in [5, 5.41) is 11.3. The number of urea groups is 1. The van der Waals surface area contributed by atoms with E-state index in [2.05, 4.69) is 20.6 Å². The first-order chi connectivity index (χ1) is 12.6. The van der Waals surface area contributed by atoms with Gasteiger partial charge in [0.15, 0.2) is 5.82 Å². The average Bonchev–Trinajstić information content (AvgIpc) is 3.19. The van der Waals surface area contributed by atoms with Crippen LogP contribution in [0.15, 0.2) is 16.8 Å². The molecular weight excluding hydrogens is 336 g/mol. The molecule has 1 saturated heterocycles. The number of carbonyl (C=O) groups is 1. The first-order valence-corrected chi connectivity index (χ1v) is 9.02. The fourth-order valence-corrected chi connectivity index (χ4v) is 3.21. The van der Waals surface area contributed by atoms with E-state index in [9.17, 15) is 4.79 Å². The Labute approximate surface area is 152 Å². The van der Waals surface area contributed by atoms with Gasteiger partial charge in [-0.25, -0.2) is 9.48 Å². The molecule has 3 rings (SSSR count). The number of methoxy groups -OCH3 is 1. The molecule has 0 saturated carbocycles. The molecule has 0 bridgehead atoms. The van der Waals surface area contributed by atoms with E-state index in [0.29, 0.717) is 24.1 Å². The first-order valence-electron chi connectivity index (χ1n) is 9.02. The quantitative estimate of drug-likeness (QED) is 0.877. The molecule has 1 aliphatic rings. The van der Waals surface area contributed by atoms with Crippen molar-refractivity contribution in [3.05, 3.63) is 24.0 Å². The number of likely N-dealkylation sites (tertiary alicyclic amines) is 1. The third-order valence-corrected chi connectivity index (χ3v) is 4.46. The second kappa shape index (κ2) is 8.31. The van der Waals surface area contributed by atoms with Crippen LogP contribution in [0, 0.1) is 0 Å². The molecule has 3 heterocycles. The fourth-order valence-electron chi connectivity index (χ4n) is 3.21. The molecule has 2 amide bonds. The van der Waals surface area contributed by atoms with Crippen molar-refractivity contribution >= 4 is 11.8 Å². The molecule has 1 fully saturated rings. The minimum absolute atomic E-state index is 0.161. The van der Waals surface area contributed by atoms with Crippen molar-refractivity contribution in [1.29, 1.82) is 0 Å². The van der Waals surface area contributed by atoms with Gasteiger partial charge in [-0.3, -0.25) is 5.32 Å². The van der Waals surface area contributed by atoms with Gasteiger partial charge in [-0.15, -0.1) is 0 Å². The molecule has 0 aromatic carbocycles. The number of nitrogens with one attached hydrogen (secondary N) is 1. The molecule has 142 valence electrons. The predicted molar refractivity (Wildman–Crippen MR) is 94.6 cm³/mol. The highest BCUT2D eigenvalue weighted by molar-refractivity contribution is 5.88. The number of aromatic nitrogens is 4. The molecule has 1 unspecified atom stereocenters. The summed E-state index contributed by atoms with van der Waals surface area (Å²) < 4.78 is 12.0. The minimum Gasteiger partial charge on any atom is -0.375 e. The molecule has 0 spiro atoms. The summed E-state index contributed by atoms with van der Waals surface area (Å²) in [6.07, 6.45) is 5.55. The van der Waals surface area contributed by atoms with E-state index in [0.717, 1.165) is 25.7 Å². The van der Waals surface area contributed by atoms with E-state index in [4.69, 9.17) is 9.26 Å². The number of ether oxygens (including phenoxy) is 1. The second-order valence-corrected chi connectivity index (χ2v) is 6.72. The average molecular weight is 362 g/mol. The lowest BCUT2D eigenvalue weighted by Crippen LogP contribution is -2.39. The SMILES string of the molecule is COCc1nc(C2CCCCCN2C(=O)Nc2ccnn2C(C)C)no1. The Kier molecular flexibility index (Phi) is 5.87. The molecular formula is C17H26N6O3. The van der Waals surface area contributed by atoms with Gasteiger partial charge in [0.25, 0.3) is 5.89 Å². The Bertz CT molecular complexity index is 726. The lowest BCUT2D eigenvalue weighted by molar-refractivity contribution is 0.151. The van der Waals surface area contributed by atoms with Crippen LogP contribution in [0.2, 0.25) is 0 Å². The zero-order valence-corrected chi connectivity index (χ0v) is 15.5. The van der Waals surface area contributed by atoms with Crippen LogP contribution < -0.4 is 5.32 Å². The first kappa shape index (κ1) is 18.4. The van der Waals surface area contributed by atoms with E-state index in [-0.39, 0.29) is 24.7 Å². The molecule has 2 aromatic heterocycles. The molecule has 1 atom stereocenters. The highest BCUT2D eigenvalue weighted by atomic mass is 16.5. The third kappa shape index (κ3) is 4.04. The maximum atomic E-state index is 13.0. The topological polar surface area (TPSA) is 98.3 Å². The van der Waals surface area contributed by atoms with Gasteiger partial charge >= 0.3 is 6.03 Å². The summed E-state index contributed by atoms with van der Waals surface area (Å²) in [4.78, 5) is 19.2. The van der Waals surface area contributed by atoms with Crippen LogP contribution >= 0.6 is 0 Å².